The van der Waals surface area contributed by atoms with Gasteiger partial charge in [0, 0.05) is 24.3 Å². The van der Waals surface area contributed by atoms with Crippen molar-refractivity contribution in [2.45, 2.75) is 38.8 Å². The summed E-state index contributed by atoms with van der Waals surface area (Å²) in [7, 11) is 0. The molecule has 2 aliphatic heterocycles. The standard InChI is InChI=1S/C24H24FN3O3/c1-13-10-14(2)19(18(29)11-13)21-20-22(27-26-21)24(30)28(12-17-4-3-9-31-17)23(20)15-5-7-16(25)8-6-15/h5-8,10-11,17,23,29H,3-4,9,12H2,1-2H3,(H,26,27)/t17-,23+/m0/s1. The van der Waals surface area contributed by atoms with Crippen molar-refractivity contribution in [3.63, 3.8) is 0 Å². The Balaban J connectivity index is 1.66. The van der Waals surface area contributed by atoms with Gasteiger partial charge in [0.15, 0.2) is 0 Å². The first-order chi connectivity index (χ1) is 14.9. The second-order valence-corrected chi connectivity index (χ2v) is 8.38. The molecule has 2 N–H and O–H groups in total. The van der Waals surface area contributed by atoms with Crippen LogP contribution in [0, 0.1) is 19.7 Å². The van der Waals surface area contributed by atoms with E-state index in [1.54, 1.807) is 23.1 Å². The molecule has 0 radical (unpaired) electrons. The lowest BCUT2D eigenvalue weighted by Gasteiger charge is -2.28. The molecule has 0 bridgehead atoms. The molecule has 7 heteroatoms. The number of rotatable bonds is 4. The van der Waals surface area contributed by atoms with Crippen LogP contribution >= 0.6 is 0 Å². The maximum absolute atomic E-state index is 13.6. The van der Waals surface area contributed by atoms with Crippen LogP contribution in [0.4, 0.5) is 4.39 Å². The Labute approximate surface area is 179 Å². The molecule has 0 spiro atoms. The van der Waals surface area contributed by atoms with Crippen LogP contribution in [0.1, 0.15) is 51.6 Å². The molecule has 3 aromatic rings. The number of hydrogen-bond donors (Lipinski definition) is 2. The molecule has 2 aliphatic rings. The van der Waals surface area contributed by atoms with Crippen molar-refractivity contribution in [1.82, 2.24) is 15.1 Å². The highest BCUT2D eigenvalue weighted by atomic mass is 19.1. The summed E-state index contributed by atoms with van der Waals surface area (Å²) in [4.78, 5) is 15.1. The number of carbonyl (C=O) groups excluding carboxylic acids is 1. The van der Waals surface area contributed by atoms with E-state index in [1.807, 2.05) is 19.9 Å². The van der Waals surface area contributed by atoms with Gasteiger partial charge < -0.3 is 14.7 Å². The van der Waals surface area contributed by atoms with Crippen LogP contribution in [0.15, 0.2) is 36.4 Å². The molecule has 2 atom stereocenters. The van der Waals surface area contributed by atoms with E-state index in [2.05, 4.69) is 10.2 Å². The summed E-state index contributed by atoms with van der Waals surface area (Å²) in [6.07, 6.45) is 1.85. The maximum Gasteiger partial charge on any atom is 0.273 e. The predicted octanol–water partition coefficient (Wildman–Crippen LogP) is 4.26. The van der Waals surface area contributed by atoms with Gasteiger partial charge in [0.2, 0.25) is 0 Å². The number of H-pyrrole nitrogens is 1. The third-order valence-electron chi connectivity index (χ3n) is 6.17. The summed E-state index contributed by atoms with van der Waals surface area (Å²) < 4.78 is 19.4. The van der Waals surface area contributed by atoms with Crippen LogP contribution in [0.5, 0.6) is 5.75 Å². The van der Waals surface area contributed by atoms with Crippen LogP contribution in [0.25, 0.3) is 11.3 Å². The smallest absolute Gasteiger partial charge is 0.273 e. The number of aryl methyl sites for hydroxylation is 2. The highest BCUT2D eigenvalue weighted by Gasteiger charge is 2.43. The number of fused-ring (bicyclic) bond motifs is 1. The second kappa shape index (κ2) is 7.50. The molecule has 1 saturated heterocycles. The van der Waals surface area contributed by atoms with Crippen molar-refractivity contribution in [2.24, 2.45) is 0 Å². The quantitative estimate of drug-likeness (QED) is 0.660. The van der Waals surface area contributed by atoms with E-state index in [0.717, 1.165) is 29.5 Å². The predicted molar refractivity (Wildman–Crippen MR) is 113 cm³/mol. The molecule has 6 nitrogen and oxygen atoms in total. The van der Waals surface area contributed by atoms with Gasteiger partial charge in [-0.2, -0.15) is 5.10 Å². The molecule has 3 heterocycles. The molecule has 0 saturated carbocycles. The molecule has 5 rings (SSSR count). The van der Waals surface area contributed by atoms with E-state index >= 15 is 0 Å². The number of ether oxygens (including phenoxy) is 1. The average Bonchev–Trinajstić information content (AvgIpc) is 3.43. The lowest BCUT2D eigenvalue weighted by atomic mass is 9.93. The highest BCUT2D eigenvalue weighted by molar-refractivity contribution is 6.00. The third kappa shape index (κ3) is 3.29. The fourth-order valence-corrected chi connectivity index (χ4v) is 4.83. The number of aromatic nitrogens is 2. The molecule has 1 amide bonds. The fourth-order valence-electron chi connectivity index (χ4n) is 4.83. The molecule has 0 aliphatic carbocycles. The summed E-state index contributed by atoms with van der Waals surface area (Å²) in [5, 5.41) is 18.0. The molecule has 0 unspecified atom stereocenters. The van der Waals surface area contributed by atoms with Gasteiger partial charge in [-0.05, 0) is 61.6 Å². The summed E-state index contributed by atoms with van der Waals surface area (Å²) in [6.45, 7) is 4.97. The van der Waals surface area contributed by atoms with Crippen molar-refractivity contribution in [2.75, 3.05) is 13.2 Å². The van der Waals surface area contributed by atoms with E-state index in [4.69, 9.17) is 4.74 Å². The first-order valence-corrected chi connectivity index (χ1v) is 10.5. The van der Waals surface area contributed by atoms with Gasteiger partial charge in [-0.15, -0.1) is 0 Å². The molecule has 1 fully saturated rings. The number of aromatic hydroxyl groups is 1. The lowest BCUT2D eigenvalue weighted by Crippen LogP contribution is -2.36. The van der Waals surface area contributed by atoms with Crippen LogP contribution in [-0.4, -0.2) is 45.4 Å². The minimum atomic E-state index is -0.443. The van der Waals surface area contributed by atoms with E-state index < -0.39 is 6.04 Å². The summed E-state index contributed by atoms with van der Waals surface area (Å²) in [6, 6.07) is 9.42. The van der Waals surface area contributed by atoms with Gasteiger partial charge in [0.1, 0.15) is 23.0 Å². The summed E-state index contributed by atoms with van der Waals surface area (Å²) >= 11 is 0. The fraction of sp³-hybridized carbons (Fsp3) is 0.333. The highest BCUT2D eigenvalue weighted by Crippen LogP contribution is 2.45. The van der Waals surface area contributed by atoms with E-state index in [1.165, 1.54) is 12.1 Å². The van der Waals surface area contributed by atoms with E-state index in [9.17, 15) is 14.3 Å². The number of hydrogen-bond acceptors (Lipinski definition) is 4. The number of phenolic OH excluding ortho intramolecular Hbond substituents is 1. The van der Waals surface area contributed by atoms with Crippen molar-refractivity contribution in [3.8, 4) is 17.0 Å². The number of nitrogens with zero attached hydrogens (tertiary/aromatic N) is 2. The second-order valence-electron chi connectivity index (χ2n) is 8.38. The number of phenols is 1. The Morgan fingerprint density at radius 3 is 2.71 bits per heavy atom. The largest absolute Gasteiger partial charge is 0.507 e. The Kier molecular flexibility index (Phi) is 4.78. The molecular formula is C24H24FN3O3. The monoisotopic (exact) mass is 421 g/mol. The first kappa shape index (κ1) is 19.8. The SMILES string of the molecule is Cc1cc(C)c(-c2n[nH]c3c2[C@@H](c2ccc(F)cc2)N(C[C@@H]2CCCO2)C3=O)c(O)c1. The maximum atomic E-state index is 13.6. The Morgan fingerprint density at radius 2 is 2.03 bits per heavy atom. The van der Waals surface area contributed by atoms with Crippen molar-refractivity contribution >= 4 is 5.91 Å². The third-order valence-corrected chi connectivity index (χ3v) is 6.17. The zero-order chi connectivity index (χ0) is 21.7. The zero-order valence-electron chi connectivity index (χ0n) is 17.5. The molecular weight excluding hydrogens is 397 g/mol. The van der Waals surface area contributed by atoms with Crippen LogP contribution in [0.2, 0.25) is 0 Å². The normalized spacial score (nSPS) is 20.5. The van der Waals surface area contributed by atoms with E-state index in [0.29, 0.717) is 35.7 Å². The Hall–Kier alpha value is -3.19. The van der Waals surface area contributed by atoms with Gasteiger partial charge in [0.25, 0.3) is 5.91 Å². The van der Waals surface area contributed by atoms with Crippen LogP contribution in [-0.2, 0) is 4.74 Å². The van der Waals surface area contributed by atoms with E-state index in [-0.39, 0.29) is 23.6 Å². The van der Waals surface area contributed by atoms with Crippen LogP contribution in [0.3, 0.4) is 0 Å². The molecule has 160 valence electrons. The van der Waals surface area contributed by atoms with Crippen molar-refractivity contribution < 1.29 is 19.0 Å². The van der Waals surface area contributed by atoms with Gasteiger partial charge in [-0.1, -0.05) is 18.2 Å². The minimum Gasteiger partial charge on any atom is -0.507 e. The number of benzene rings is 2. The summed E-state index contributed by atoms with van der Waals surface area (Å²) in [5.41, 5.74) is 4.85. The minimum absolute atomic E-state index is 0.0261. The number of halogens is 1. The van der Waals surface area contributed by atoms with Crippen molar-refractivity contribution in [1.29, 1.82) is 0 Å². The van der Waals surface area contributed by atoms with Crippen LogP contribution < -0.4 is 0 Å². The lowest BCUT2D eigenvalue weighted by molar-refractivity contribution is 0.0495. The Bertz CT molecular complexity index is 1130. The van der Waals surface area contributed by atoms with Gasteiger partial charge in [-0.25, -0.2) is 4.39 Å². The van der Waals surface area contributed by atoms with Crippen molar-refractivity contribution in [3.05, 3.63) is 70.2 Å². The average molecular weight is 421 g/mol. The van der Waals surface area contributed by atoms with Gasteiger partial charge in [0.05, 0.1) is 12.1 Å². The molecule has 2 aromatic carbocycles. The number of aromatic amines is 1. The number of carbonyl (C=O) groups is 1. The van der Waals surface area contributed by atoms with Gasteiger partial charge >= 0.3 is 0 Å². The zero-order valence-corrected chi connectivity index (χ0v) is 17.5. The first-order valence-electron chi connectivity index (χ1n) is 10.5. The molecule has 31 heavy (non-hydrogen) atoms. The molecule has 1 aromatic heterocycles. The Morgan fingerprint density at radius 1 is 1.26 bits per heavy atom. The summed E-state index contributed by atoms with van der Waals surface area (Å²) in [5.74, 6) is -0.379. The number of amides is 1. The van der Waals surface area contributed by atoms with Gasteiger partial charge in [-0.3, -0.25) is 9.89 Å². The number of nitrogens with one attached hydrogen (secondary N) is 1. The topological polar surface area (TPSA) is 78.5 Å².